The lowest BCUT2D eigenvalue weighted by Gasteiger charge is -2.26. The summed E-state index contributed by atoms with van der Waals surface area (Å²) in [5, 5.41) is 3.69. The highest BCUT2D eigenvalue weighted by Crippen LogP contribution is 2.36. The number of nitrogens with one attached hydrogen (secondary N) is 1. The first-order chi connectivity index (χ1) is 12.0. The molecular formula is C16H14BrFN4O2S. The smallest absolute Gasteiger partial charge is 0.338 e. The van der Waals surface area contributed by atoms with Crippen LogP contribution in [0.1, 0.15) is 30.5 Å². The average molecular weight is 425 g/mol. The van der Waals surface area contributed by atoms with Crippen molar-refractivity contribution in [1.29, 1.82) is 0 Å². The largest absolute Gasteiger partial charge is 0.463 e. The van der Waals surface area contributed by atoms with E-state index in [4.69, 9.17) is 4.74 Å². The summed E-state index contributed by atoms with van der Waals surface area (Å²) in [5.74, 6) is -0.334. The highest BCUT2D eigenvalue weighted by molar-refractivity contribution is 9.10. The maximum Gasteiger partial charge on any atom is 0.338 e. The summed E-state index contributed by atoms with van der Waals surface area (Å²) in [6, 6.07) is 3.63. The van der Waals surface area contributed by atoms with Gasteiger partial charge < -0.3 is 10.1 Å². The van der Waals surface area contributed by atoms with E-state index >= 15 is 0 Å². The molecule has 1 N–H and O–H groups in total. The number of allylic oxidation sites excluding steroid dienone is 1. The van der Waals surface area contributed by atoms with Gasteiger partial charge in [0.05, 0.1) is 12.2 Å². The first-order valence-electron chi connectivity index (χ1n) is 7.46. The summed E-state index contributed by atoms with van der Waals surface area (Å²) in [6.07, 6.45) is 1.44. The van der Waals surface area contributed by atoms with E-state index in [1.807, 2.05) is 0 Å². The van der Waals surface area contributed by atoms with Crippen LogP contribution in [0.25, 0.3) is 0 Å². The third kappa shape index (κ3) is 3.62. The number of carbonyl (C=O) groups is 1. The van der Waals surface area contributed by atoms with Gasteiger partial charge in [0.25, 0.3) is 0 Å². The molecule has 25 heavy (non-hydrogen) atoms. The maximum atomic E-state index is 13.5. The Morgan fingerprint density at radius 3 is 2.92 bits per heavy atom. The molecular weight excluding hydrogens is 411 g/mol. The summed E-state index contributed by atoms with van der Waals surface area (Å²) in [6.45, 7) is 3.76. The third-order valence-electron chi connectivity index (χ3n) is 3.56. The van der Waals surface area contributed by atoms with Crippen LogP contribution in [0.5, 0.6) is 0 Å². The van der Waals surface area contributed by atoms with Crippen LogP contribution in [-0.4, -0.2) is 27.8 Å². The molecule has 130 valence electrons. The van der Waals surface area contributed by atoms with Gasteiger partial charge in [-0.25, -0.2) is 14.2 Å². The molecule has 1 unspecified atom stereocenters. The summed E-state index contributed by atoms with van der Waals surface area (Å²) in [4.78, 5) is 21.2. The number of carbonyl (C=O) groups excluding carboxylic acids is 1. The summed E-state index contributed by atoms with van der Waals surface area (Å²) >= 11 is 4.55. The zero-order chi connectivity index (χ0) is 18.0. The highest BCUT2D eigenvalue weighted by atomic mass is 79.9. The zero-order valence-electron chi connectivity index (χ0n) is 13.4. The number of ether oxygens (including phenoxy) is 1. The van der Waals surface area contributed by atoms with Gasteiger partial charge in [0, 0.05) is 10.2 Å². The Balaban J connectivity index is 2.11. The van der Waals surface area contributed by atoms with Gasteiger partial charge in [0.15, 0.2) is 10.8 Å². The Bertz CT molecular complexity index is 867. The molecule has 1 aromatic heterocycles. The molecule has 6 nitrogen and oxygen atoms in total. The van der Waals surface area contributed by atoms with E-state index in [0.29, 0.717) is 32.1 Å². The number of rotatable bonds is 4. The van der Waals surface area contributed by atoms with Crippen molar-refractivity contribution in [3.8, 4) is 0 Å². The molecule has 2 heterocycles. The minimum Gasteiger partial charge on any atom is -0.463 e. The van der Waals surface area contributed by atoms with E-state index in [1.54, 1.807) is 19.9 Å². The van der Waals surface area contributed by atoms with Gasteiger partial charge in [0.1, 0.15) is 18.2 Å². The van der Waals surface area contributed by atoms with E-state index in [9.17, 15) is 9.18 Å². The third-order valence-corrected chi connectivity index (χ3v) is 4.92. The van der Waals surface area contributed by atoms with Gasteiger partial charge in [-0.2, -0.15) is 4.37 Å². The van der Waals surface area contributed by atoms with Gasteiger partial charge in [-0.15, -0.1) is 0 Å². The van der Waals surface area contributed by atoms with Crippen LogP contribution in [0, 0.1) is 5.82 Å². The van der Waals surface area contributed by atoms with E-state index in [2.05, 4.69) is 35.6 Å². The van der Waals surface area contributed by atoms with Crippen molar-refractivity contribution >= 4 is 39.3 Å². The van der Waals surface area contributed by atoms with E-state index < -0.39 is 12.0 Å². The van der Waals surface area contributed by atoms with E-state index in [-0.39, 0.29) is 12.4 Å². The Hall–Kier alpha value is -2.13. The molecule has 1 aliphatic heterocycles. The van der Waals surface area contributed by atoms with Crippen molar-refractivity contribution in [2.24, 2.45) is 4.99 Å². The molecule has 0 fully saturated rings. The Kier molecular flexibility index (Phi) is 5.24. The van der Waals surface area contributed by atoms with Crippen LogP contribution in [0.3, 0.4) is 0 Å². The molecule has 0 amide bonds. The monoisotopic (exact) mass is 424 g/mol. The minimum atomic E-state index is -0.644. The van der Waals surface area contributed by atoms with Gasteiger partial charge in [-0.3, -0.25) is 4.99 Å². The van der Waals surface area contributed by atoms with E-state index in [0.717, 1.165) is 0 Å². The molecule has 2 aromatic rings. The fraction of sp³-hybridized carbons (Fsp3) is 0.250. The molecule has 9 heteroatoms. The molecule has 1 atom stereocenters. The van der Waals surface area contributed by atoms with E-state index in [1.165, 1.54) is 30.0 Å². The first kappa shape index (κ1) is 17.7. The second kappa shape index (κ2) is 7.40. The topological polar surface area (TPSA) is 76.5 Å². The summed E-state index contributed by atoms with van der Waals surface area (Å²) < 4.78 is 23.1. The number of halogens is 2. The Labute approximate surface area is 156 Å². The molecule has 3 rings (SSSR count). The Morgan fingerprint density at radius 2 is 2.28 bits per heavy atom. The van der Waals surface area contributed by atoms with Crippen LogP contribution >= 0.6 is 27.5 Å². The van der Waals surface area contributed by atoms with Crippen molar-refractivity contribution in [2.75, 3.05) is 6.61 Å². The number of nitrogens with zero attached hydrogens (tertiary/aromatic N) is 3. The van der Waals surface area contributed by atoms with Gasteiger partial charge >= 0.3 is 5.97 Å². The average Bonchev–Trinajstić information content (AvgIpc) is 3.08. The molecule has 0 saturated carbocycles. The van der Waals surface area contributed by atoms with Crippen molar-refractivity contribution < 1.29 is 13.9 Å². The number of hydrogen-bond acceptors (Lipinski definition) is 7. The van der Waals surface area contributed by atoms with Crippen LogP contribution in [0.15, 0.2) is 45.3 Å². The number of benzene rings is 1. The lowest BCUT2D eigenvalue weighted by atomic mass is 9.96. The summed E-state index contributed by atoms with van der Waals surface area (Å²) in [7, 11) is 0. The molecule has 0 radical (unpaired) electrons. The quantitative estimate of drug-likeness (QED) is 0.761. The normalized spacial score (nSPS) is 17.1. The lowest BCUT2D eigenvalue weighted by Crippen LogP contribution is -2.32. The van der Waals surface area contributed by atoms with Crippen molar-refractivity contribution in [2.45, 2.75) is 19.9 Å². The predicted octanol–water partition coefficient (Wildman–Crippen LogP) is 3.37. The lowest BCUT2D eigenvalue weighted by molar-refractivity contribution is -0.138. The predicted molar refractivity (Wildman–Crippen MR) is 95.8 cm³/mol. The maximum absolute atomic E-state index is 13.5. The van der Waals surface area contributed by atoms with Crippen molar-refractivity contribution in [3.63, 3.8) is 0 Å². The van der Waals surface area contributed by atoms with Crippen LogP contribution < -0.4 is 5.32 Å². The van der Waals surface area contributed by atoms with Crippen LogP contribution in [-0.2, 0) is 9.53 Å². The number of amidine groups is 1. The standard InChI is InChI=1S/C16H14BrFN4O2S/c1-3-24-16(23)12-8(2)21-14(15-19-7-20-25-15)22-13(12)10-5-4-9(18)6-11(10)17/h4-7,13H,3H2,1-2H3,(H,21,22). The molecule has 1 aliphatic rings. The molecule has 0 aliphatic carbocycles. The second-order valence-corrected chi connectivity index (χ2v) is 6.81. The van der Waals surface area contributed by atoms with Crippen LogP contribution in [0.4, 0.5) is 4.39 Å². The highest BCUT2D eigenvalue weighted by Gasteiger charge is 2.32. The Morgan fingerprint density at radius 1 is 1.48 bits per heavy atom. The number of hydrogen-bond donors (Lipinski definition) is 1. The van der Waals surface area contributed by atoms with Gasteiger partial charge in [-0.05, 0) is 43.1 Å². The number of esters is 1. The fourth-order valence-corrected chi connectivity index (χ4v) is 3.53. The zero-order valence-corrected chi connectivity index (χ0v) is 15.8. The SMILES string of the molecule is CCOC(=O)C1=C(C)NC(c2ncns2)=NC1c1ccc(F)cc1Br. The van der Waals surface area contributed by atoms with Gasteiger partial charge in [0.2, 0.25) is 0 Å². The van der Waals surface area contributed by atoms with Crippen molar-refractivity contribution in [1.82, 2.24) is 14.7 Å². The molecule has 0 saturated heterocycles. The fourth-order valence-electron chi connectivity index (χ4n) is 2.48. The first-order valence-corrected chi connectivity index (χ1v) is 9.02. The molecule has 0 bridgehead atoms. The van der Waals surface area contributed by atoms with Crippen molar-refractivity contribution in [3.05, 3.63) is 56.7 Å². The summed E-state index contributed by atoms with van der Waals surface area (Å²) in [5.41, 5.74) is 1.65. The van der Waals surface area contributed by atoms with Gasteiger partial charge in [-0.1, -0.05) is 22.0 Å². The number of aromatic nitrogens is 2. The number of aliphatic imine (C=N–C) groups is 1. The minimum absolute atomic E-state index is 0.250. The molecule has 1 aromatic carbocycles. The molecule has 0 spiro atoms. The second-order valence-electron chi connectivity index (χ2n) is 5.18. The van der Waals surface area contributed by atoms with Crippen LogP contribution in [0.2, 0.25) is 0 Å².